The molecule has 0 saturated carbocycles. The molecule has 3 rings (SSSR count). The predicted octanol–water partition coefficient (Wildman–Crippen LogP) is 2.97. The van der Waals surface area contributed by atoms with Crippen LogP contribution in [0.25, 0.3) is 0 Å². The van der Waals surface area contributed by atoms with Gasteiger partial charge in [-0.25, -0.2) is 9.59 Å². The molecule has 162 valence electrons. The molecule has 1 unspecified atom stereocenters. The van der Waals surface area contributed by atoms with Crippen LogP contribution in [-0.2, 0) is 36.7 Å². The number of aromatic hydroxyl groups is 2. The summed E-state index contributed by atoms with van der Waals surface area (Å²) in [7, 11) is 1.16. The van der Waals surface area contributed by atoms with E-state index in [1.165, 1.54) is 30.3 Å². The highest BCUT2D eigenvalue weighted by atomic mass is 16.6. The van der Waals surface area contributed by atoms with Crippen molar-refractivity contribution in [1.29, 1.82) is 0 Å². The topological polar surface area (TPSA) is 110 Å². The summed E-state index contributed by atoms with van der Waals surface area (Å²) < 4.78 is 10.3. The first-order valence-electron chi connectivity index (χ1n) is 9.76. The summed E-state index contributed by atoms with van der Waals surface area (Å²) in [6.07, 6.45) is 2.31. The first-order chi connectivity index (χ1) is 14.7. The zero-order valence-electron chi connectivity index (χ0n) is 17.5. The first kappa shape index (κ1) is 22.1. The van der Waals surface area contributed by atoms with Crippen LogP contribution in [0.3, 0.4) is 0 Å². The van der Waals surface area contributed by atoms with E-state index in [-0.39, 0.29) is 17.9 Å². The largest absolute Gasteiger partial charge is 0.508 e. The van der Waals surface area contributed by atoms with E-state index in [4.69, 9.17) is 9.47 Å². The van der Waals surface area contributed by atoms with Crippen LogP contribution in [0.1, 0.15) is 36.5 Å². The van der Waals surface area contributed by atoms with Gasteiger partial charge in [0.25, 0.3) is 5.78 Å². The highest BCUT2D eigenvalue weighted by Gasteiger charge is 2.61. The molecule has 0 aliphatic carbocycles. The Labute approximate surface area is 179 Å². The quantitative estimate of drug-likeness (QED) is 0.417. The monoisotopic (exact) mass is 424 g/mol. The van der Waals surface area contributed by atoms with Gasteiger partial charge in [-0.2, -0.15) is 0 Å². The number of carbonyl (C=O) groups excluding carboxylic acids is 3. The molecule has 1 aliphatic rings. The number of rotatable bonds is 6. The van der Waals surface area contributed by atoms with Gasteiger partial charge in [0.2, 0.25) is 5.60 Å². The molecule has 1 saturated heterocycles. The maximum absolute atomic E-state index is 12.9. The first-order valence-corrected chi connectivity index (χ1v) is 9.76. The average Bonchev–Trinajstić information content (AvgIpc) is 2.99. The van der Waals surface area contributed by atoms with Crippen molar-refractivity contribution in [2.75, 3.05) is 7.11 Å². The number of carbonyl (C=O) groups is 3. The average molecular weight is 424 g/mol. The highest BCUT2D eigenvalue weighted by Crippen LogP contribution is 2.42. The number of phenolic OH excluding ortho intramolecular Hbond substituents is 2. The summed E-state index contributed by atoms with van der Waals surface area (Å²) in [5.74, 6) is -3.99. The zero-order valence-corrected chi connectivity index (χ0v) is 17.5. The molecule has 2 aromatic rings. The third kappa shape index (κ3) is 4.30. The molecular weight excluding hydrogens is 400 g/mol. The Hall–Kier alpha value is -3.61. The number of Topliss-reactive ketones (excluding diaryl/α,β-unsaturated/α-hetero) is 1. The number of methoxy groups -OCH3 is 1. The van der Waals surface area contributed by atoms with Crippen molar-refractivity contribution in [2.24, 2.45) is 0 Å². The van der Waals surface area contributed by atoms with Crippen molar-refractivity contribution in [3.63, 3.8) is 0 Å². The minimum atomic E-state index is -1.90. The Balaban J connectivity index is 2.08. The van der Waals surface area contributed by atoms with Crippen LogP contribution in [0.5, 0.6) is 11.5 Å². The number of allylic oxidation sites excluding steroid dienone is 2. The number of phenols is 2. The van der Waals surface area contributed by atoms with Crippen molar-refractivity contribution in [3.05, 3.63) is 70.8 Å². The smallest absolute Gasteiger partial charge is 0.376 e. The Bertz CT molecular complexity index is 1050. The van der Waals surface area contributed by atoms with Crippen LogP contribution in [-0.4, -0.2) is 40.6 Å². The maximum Gasteiger partial charge on any atom is 0.376 e. The lowest BCUT2D eigenvalue weighted by Gasteiger charge is -2.30. The lowest BCUT2D eigenvalue weighted by atomic mass is 9.77. The number of benzene rings is 2. The summed E-state index contributed by atoms with van der Waals surface area (Å²) in [6, 6.07) is 10.5. The molecule has 0 bridgehead atoms. The van der Waals surface area contributed by atoms with Gasteiger partial charge in [-0.05, 0) is 55.2 Å². The lowest BCUT2D eigenvalue weighted by molar-refractivity contribution is -0.173. The van der Waals surface area contributed by atoms with E-state index in [1.54, 1.807) is 12.1 Å². The van der Waals surface area contributed by atoms with Gasteiger partial charge in [0.05, 0.1) is 7.11 Å². The lowest BCUT2D eigenvalue weighted by Crippen LogP contribution is -2.47. The Morgan fingerprint density at radius 1 is 1.13 bits per heavy atom. The Morgan fingerprint density at radius 3 is 2.42 bits per heavy atom. The second-order valence-corrected chi connectivity index (χ2v) is 7.78. The van der Waals surface area contributed by atoms with E-state index in [9.17, 15) is 24.6 Å². The van der Waals surface area contributed by atoms with Crippen LogP contribution >= 0.6 is 0 Å². The number of esters is 2. The third-order valence-corrected chi connectivity index (χ3v) is 5.30. The molecule has 1 aliphatic heterocycles. The number of ketones is 1. The van der Waals surface area contributed by atoms with Gasteiger partial charge in [0, 0.05) is 6.42 Å². The Kier molecular flexibility index (Phi) is 6.15. The fourth-order valence-electron chi connectivity index (χ4n) is 3.76. The molecule has 0 spiro atoms. The van der Waals surface area contributed by atoms with E-state index in [2.05, 4.69) is 0 Å². The molecule has 1 fully saturated rings. The summed E-state index contributed by atoms with van der Waals surface area (Å²) >= 11 is 0. The summed E-state index contributed by atoms with van der Waals surface area (Å²) in [6.45, 7) is 3.89. The van der Waals surface area contributed by atoms with Gasteiger partial charge in [-0.3, -0.25) is 4.79 Å². The highest BCUT2D eigenvalue weighted by molar-refractivity contribution is 6.39. The van der Waals surface area contributed by atoms with Gasteiger partial charge in [0.15, 0.2) is 0 Å². The predicted molar refractivity (Wildman–Crippen MR) is 112 cm³/mol. The van der Waals surface area contributed by atoms with E-state index < -0.39 is 29.2 Å². The van der Waals surface area contributed by atoms with Crippen LogP contribution in [0, 0.1) is 0 Å². The van der Waals surface area contributed by atoms with Crippen LogP contribution in [0.2, 0.25) is 0 Å². The number of hydrogen-bond donors (Lipinski definition) is 2. The van der Waals surface area contributed by atoms with Crippen LogP contribution in [0.4, 0.5) is 0 Å². The van der Waals surface area contributed by atoms with Crippen molar-refractivity contribution in [3.8, 4) is 11.5 Å². The van der Waals surface area contributed by atoms with Crippen LogP contribution < -0.4 is 0 Å². The van der Waals surface area contributed by atoms with Crippen molar-refractivity contribution in [1.82, 2.24) is 0 Å². The van der Waals surface area contributed by atoms with Crippen molar-refractivity contribution in [2.45, 2.75) is 38.2 Å². The molecule has 2 aromatic carbocycles. The van der Waals surface area contributed by atoms with E-state index in [1.807, 2.05) is 19.9 Å². The van der Waals surface area contributed by atoms with Crippen LogP contribution in [0.15, 0.2) is 54.1 Å². The summed E-state index contributed by atoms with van der Waals surface area (Å²) in [4.78, 5) is 37.9. The number of ether oxygens (including phenoxy) is 2. The van der Waals surface area contributed by atoms with Gasteiger partial charge in [-0.15, -0.1) is 0 Å². The molecule has 2 atom stereocenters. The van der Waals surface area contributed by atoms with E-state index in [0.29, 0.717) is 23.1 Å². The SMILES string of the molecule is COC(=O)[C@]1(Cc2ccc(O)c(CC=C(C)C)c2)OC(=O)C(=O)C1c1ccc(O)cc1. The van der Waals surface area contributed by atoms with Crippen molar-refractivity contribution >= 4 is 17.7 Å². The minimum absolute atomic E-state index is 0.0208. The molecule has 7 nitrogen and oxygen atoms in total. The minimum Gasteiger partial charge on any atom is -0.508 e. The molecule has 0 radical (unpaired) electrons. The standard InChI is InChI=1S/C24H24O7/c1-14(2)4-6-17-12-15(5-11-19(17)26)13-24(23(29)30-3)20(21(27)22(28)31-24)16-7-9-18(25)10-8-16/h4-5,7-12,20,25-26H,6,13H2,1-3H3/t20?,24-/m1/s1. The normalized spacial score (nSPS) is 20.3. The van der Waals surface area contributed by atoms with E-state index in [0.717, 1.165) is 12.7 Å². The molecular formula is C24H24O7. The zero-order chi connectivity index (χ0) is 22.8. The molecule has 31 heavy (non-hydrogen) atoms. The van der Waals surface area contributed by atoms with Gasteiger partial charge in [0.1, 0.15) is 17.4 Å². The second kappa shape index (κ2) is 8.63. The van der Waals surface area contributed by atoms with Gasteiger partial charge >= 0.3 is 11.9 Å². The van der Waals surface area contributed by atoms with Gasteiger partial charge in [-0.1, -0.05) is 35.9 Å². The molecule has 0 aromatic heterocycles. The van der Waals surface area contributed by atoms with Gasteiger partial charge < -0.3 is 19.7 Å². The number of hydrogen-bond acceptors (Lipinski definition) is 7. The molecule has 0 amide bonds. The second-order valence-electron chi connectivity index (χ2n) is 7.78. The molecule has 7 heteroatoms. The van der Waals surface area contributed by atoms with E-state index >= 15 is 0 Å². The maximum atomic E-state index is 12.9. The molecule has 1 heterocycles. The third-order valence-electron chi connectivity index (χ3n) is 5.30. The summed E-state index contributed by atoms with van der Waals surface area (Å²) in [5.41, 5.74) is 0.758. The number of cyclic esters (lactones) is 1. The Morgan fingerprint density at radius 2 is 1.81 bits per heavy atom. The fourth-order valence-corrected chi connectivity index (χ4v) is 3.76. The fraction of sp³-hybridized carbons (Fsp3) is 0.292. The summed E-state index contributed by atoms with van der Waals surface area (Å²) in [5, 5.41) is 19.8. The van der Waals surface area contributed by atoms with Crippen molar-refractivity contribution < 1.29 is 34.1 Å². The molecule has 2 N–H and O–H groups in total.